The summed E-state index contributed by atoms with van der Waals surface area (Å²) in [6.45, 7) is 7.82. The molecule has 2 aromatic rings. The molecule has 1 aromatic carbocycles. The van der Waals surface area contributed by atoms with E-state index in [0.29, 0.717) is 31.9 Å². The van der Waals surface area contributed by atoms with E-state index in [1.807, 2.05) is 39.0 Å². The SMILES string of the molecule is CCNC(=O)Nc1ccc2c(c1)CN(C(=O)Cn1nc(C)cc1C)CCO2. The molecule has 0 radical (unpaired) electrons. The van der Waals surface area contributed by atoms with Crippen molar-refractivity contribution in [3.05, 3.63) is 41.2 Å². The fourth-order valence-electron chi connectivity index (χ4n) is 3.08. The topological polar surface area (TPSA) is 88.5 Å². The first-order valence-corrected chi connectivity index (χ1v) is 9.05. The molecule has 1 aliphatic rings. The summed E-state index contributed by atoms with van der Waals surface area (Å²) in [6, 6.07) is 7.16. The number of ether oxygens (including phenoxy) is 1. The zero-order valence-electron chi connectivity index (χ0n) is 15.9. The van der Waals surface area contributed by atoms with Crippen LogP contribution in [0.4, 0.5) is 10.5 Å². The fourth-order valence-corrected chi connectivity index (χ4v) is 3.08. The Bertz CT molecular complexity index is 846. The Kier molecular flexibility index (Phi) is 5.63. The number of aromatic nitrogens is 2. The van der Waals surface area contributed by atoms with E-state index in [1.165, 1.54) is 0 Å². The van der Waals surface area contributed by atoms with Crippen LogP contribution in [0.2, 0.25) is 0 Å². The van der Waals surface area contributed by atoms with Gasteiger partial charge in [-0.15, -0.1) is 0 Å². The average Bonchev–Trinajstić information content (AvgIpc) is 2.81. The molecule has 0 saturated carbocycles. The van der Waals surface area contributed by atoms with Gasteiger partial charge in [0.25, 0.3) is 0 Å². The lowest BCUT2D eigenvalue weighted by Crippen LogP contribution is -2.35. The van der Waals surface area contributed by atoms with Crippen LogP contribution in [0, 0.1) is 13.8 Å². The number of fused-ring (bicyclic) bond motifs is 1. The van der Waals surface area contributed by atoms with Crippen LogP contribution in [0.1, 0.15) is 23.9 Å². The predicted octanol–water partition coefficient (Wildman–Crippen LogP) is 2.06. The third kappa shape index (κ3) is 4.58. The number of hydrogen-bond donors (Lipinski definition) is 2. The van der Waals surface area contributed by atoms with Gasteiger partial charge in [-0.05, 0) is 45.0 Å². The van der Waals surface area contributed by atoms with Crippen molar-refractivity contribution in [3.63, 3.8) is 0 Å². The van der Waals surface area contributed by atoms with Gasteiger partial charge in [-0.2, -0.15) is 5.10 Å². The van der Waals surface area contributed by atoms with Crippen molar-refractivity contribution < 1.29 is 14.3 Å². The number of amides is 3. The maximum Gasteiger partial charge on any atom is 0.319 e. The van der Waals surface area contributed by atoms with Crippen molar-refractivity contribution in [3.8, 4) is 5.75 Å². The van der Waals surface area contributed by atoms with E-state index in [4.69, 9.17) is 4.74 Å². The number of nitrogens with zero attached hydrogens (tertiary/aromatic N) is 3. The summed E-state index contributed by atoms with van der Waals surface area (Å²) in [5.74, 6) is 0.720. The van der Waals surface area contributed by atoms with Gasteiger partial charge in [-0.1, -0.05) is 0 Å². The smallest absolute Gasteiger partial charge is 0.319 e. The lowest BCUT2D eigenvalue weighted by atomic mass is 10.1. The summed E-state index contributed by atoms with van der Waals surface area (Å²) >= 11 is 0. The molecule has 0 atom stereocenters. The Morgan fingerprint density at radius 2 is 2.07 bits per heavy atom. The standard InChI is InChI=1S/C19H25N5O3/c1-4-20-19(26)21-16-5-6-17-15(10-16)11-23(7-8-27-17)18(25)12-24-14(3)9-13(2)22-24/h5-6,9-10H,4,7-8,11-12H2,1-3H3,(H2,20,21,26). The van der Waals surface area contributed by atoms with Gasteiger partial charge in [0.15, 0.2) is 0 Å². The van der Waals surface area contributed by atoms with E-state index >= 15 is 0 Å². The number of nitrogens with one attached hydrogen (secondary N) is 2. The fraction of sp³-hybridized carbons (Fsp3) is 0.421. The Hall–Kier alpha value is -3.03. The number of hydrogen-bond acceptors (Lipinski definition) is 4. The number of aryl methyl sites for hydroxylation is 2. The summed E-state index contributed by atoms with van der Waals surface area (Å²) in [4.78, 5) is 26.3. The predicted molar refractivity (Wildman–Crippen MR) is 102 cm³/mol. The number of anilines is 1. The molecule has 144 valence electrons. The molecular weight excluding hydrogens is 346 g/mol. The first-order chi connectivity index (χ1) is 13.0. The number of benzene rings is 1. The molecule has 0 fully saturated rings. The molecule has 8 heteroatoms. The van der Waals surface area contributed by atoms with Crippen LogP contribution < -0.4 is 15.4 Å². The molecule has 27 heavy (non-hydrogen) atoms. The molecule has 1 aliphatic heterocycles. The Morgan fingerprint density at radius 3 is 2.78 bits per heavy atom. The van der Waals surface area contributed by atoms with E-state index in [1.54, 1.807) is 15.6 Å². The van der Waals surface area contributed by atoms with E-state index < -0.39 is 0 Å². The van der Waals surface area contributed by atoms with Crippen molar-refractivity contribution in [2.75, 3.05) is 25.0 Å². The minimum absolute atomic E-state index is 0.0141. The molecule has 0 aliphatic carbocycles. The normalized spacial score (nSPS) is 13.4. The van der Waals surface area contributed by atoms with Crippen molar-refractivity contribution in [1.29, 1.82) is 0 Å². The van der Waals surface area contributed by atoms with E-state index in [0.717, 1.165) is 22.7 Å². The third-order valence-electron chi connectivity index (χ3n) is 4.38. The zero-order valence-corrected chi connectivity index (χ0v) is 15.9. The Balaban J connectivity index is 1.73. The summed E-state index contributed by atoms with van der Waals surface area (Å²) in [7, 11) is 0. The van der Waals surface area contributed by atoms with Gasteiger partial charge in [-0.3, -0.25) is 9.48 Å². The first-order valence-electron chi connectivity index (χ1n) is 9.05. The van der Waals surface area contributed by atoms with E-state index in [9.17, 15) is 9.59 Å². The van der Waals surface area contributed by atoms with Gasteiger partial charge in [0, 0.05) is 30.0 Å². The molecule has 0 spiro atoms. The second-order valence-electron chi connectivity index (χ2n) is 6.56. The van der Waals surface area contributed by atoms with Crippen LogP contribution >= 0.6 is 0 Å². The summed E-state index contributed by atoms with van der Waals surface area (Å²) in [6.07, 6.45) is 0. The minimum atomic E-state index is -0.260. The quantitative estimate of drug-likeness (QED) is 0.861. The zero-order chi connectivity index (χ0) is 19.4. The van der Waals surface area contributed by atoms with Crippen molar-refractivity contribution >= 4 is 17.6 Å². The van der Waals surface area contributed by atoms with Crippen molar-refractivity contribution in [1.82, 2.24) is 20.0 Å². The molecule has 0 saturated heterocycles. The van der Waals surface area contributed by atoms with Crippen LogP contribution in [-0.2, 0) is 17.9 Å². The second-order valence-corrected chi connectivity index (χ2v) is 6.56. The number of rotatable bonds is 4. The van der Waals surface area contributed by atoms with Crippen LogP contribution in [0.5, 0.6) is 5.75 Å². The summed E-state index contributed by atoms with van der Waals surface area (Å²) < 4.78 is 7.49. The van der Waals surface area contributed by atoms with E-state index in [2.05, 4.69) is 15.7 Å². The van der Waals surface area contributed by atoms with Crippen LogP contribution in [0.3, 0.4) is 0 Å². The van der Waals surface area contributed by atoms with Crippen LogP contribution in [0.15, 0.2) is 24.3 Å². The summed E-state index contributed by atoms with van der Waals surface area (Å²) in [5, 5.41) is 9.84. The average molecular weight is 371 g/mol. The third-order valence-corrected chi connectivity index (χ3v) is 4.38. The molecule has 3 amide bonds. The second kappa shape index (κ2) is 8.11. The van der Waals surface area contributed by atoms with Crippen LogP contribution in [0.25, 0.3) is 0 Å². The monoisotopic (exact) mass is 371 g/mol. The highest BCUT2D eigenvalue weighted by molar-refractivity contribution is 5.89. The lowest BCUT2D eigenvalue weighted by Gasteiger charge is -2.20. The molecule has 1 aromatic heterocycles. The van der Waals surface area contributed by atoms with Gasteiger partial charge < -0.3 is 20.3 Å². The Morgan fingerprint density at radius 1 is 1.26 bits per heavy atom. The molecule has 3 rings (SSSR count). The highest BCUT2D eigenvalue weighted by Crippen LogP contribution is 2.26. The van der Waals surface area contributed by atoms with E-state index in [-0.39, 0.29) is 18.5 Å². The van der Waals surface area contributed by atoms with Gasteiger partial charge >= 0.3 is 6.03 Å². The van der Waals surface area contributed by atoms with Crippen molar-refractivity contribution in [2.45, 2.75) is 33.9 Å². The van der Waals surface area contributed by atoms with Gasteiger partial charge in [0.1, 0.15) is 18.9 Å². The molecule has 0 bridgehead atoms. The first kappa shape index (κ1) is 18.8. The number of carbonyl (C=O) groups excluding carboxylic acids is 2. The molecule has 8 nitrogen and oxygen atoms in total. The van der Waals surface area contributed by atoms with Crippen molar-refractivity contribution in [2.24, 2.45) is 0 Å². The van der Waals surface area contributed by atoms with Crippen LogP contribution in [-0.4, -0.2) is 46.3 Å². The number of carbonyl (C=O) groups is 2. The maximum absolute atomic E-state index is 12.8. The maximum atomic E-state index is 12.8. The highest BCUT2D eigenvalue weighted by atomic mass is 16.5. The summed E-state index contributed by atoms with van der Waals surface area (Å²) in [5.41, 5.74) is 3.38. The largest absolute Gasteiger partial charge is 0.491 e. The van der Waals surface area contributed by atoms with Gasteiger partial charge in [0.2, 0.25) is 5.91 Å². The molecule has 2 heterocycles. The molecule has 2 N–H and O–H groups in total. The highest BCUT2D eigenvalue weighted by Gasteiger charge is 2.21. The molecule has 0 unspecified atom stereocenters. The Labute approximate surface area is 158 Å². The van der Waals surface area contributed by atoms with Gasteiger partial charge in [-0.25, -0.2) is 4.79 Å². The molecular formula is C19H25N5O3. The minimum Gasteiger partial charge on any atom is -0.491 e. The number of urea groups is 1. The lowest BCUT2D eigenvalue weighted by molar-refractivity contribution is -0.132. The van der Waals surface area contributed by atoms with Gasteiger partial charge in [0.05, 0.1) is 12.2 Å².